The van der Waals surface area contributed by atoms with Crippen LogP contribution in [0.3, 0.4) is 0 Å². The number of pyridine rings is 1. The van der Waals surface area contributed by atoms with Crippen molar-refractivity contribution in [3.8, 4) is 22.3 Å². The summed E-state index contributed by atoms with van der Waals surface area (Å²) in [4.78, 5) is 19.3. The summed E-state index contributed by atoms with van der Waals surface area (Å²) in [5, 5.41) is 17.2. The summed E-state index contributed by atoms with van der Waals surface area (Å²) in [6, 6.07) is 19.8. The lowest BCUT2D eigenvalue weighted by Gasteiger charge is -2.07. The van der Waals surface area contributed by atoms with Crippen molar-refractivity contribution < 1.29 is 9.90 Å². The van der Waals surface area contributed by atoms with Crippen LogP contribution in [0.25, 0.3) is 33.3 Å². The smallest absolute Gasteiger partial charge is 0.250 e. The number of nitrogens with zero attached hydrogens (tertiary/aromatic N) is 3. The van der Waals surface area contributed by atoms with Crippen molar-refractivity contribution in [1.82, 2.24) is 19.7 Å². The molecule has 2 aromatic carbocycles. The standard InChI is InChI=1S/C25H21N5O2/c31-16-24(32)29-21-8-4-7-18(9-21)19-10-22-23(13-27-25(22)26-11-19)20-12-28-30(15-20)14-17-5-2-1-3-6-17/h1-13,15,31H,14,16H2,(H,26,27)(H,29,32). The lowest BCUT2D eigenvalue weighted by Crippen LogP contribution is -2.15. The van der Waals surface area contributed by atoms with Crippen molar-refractivity contribution in [2.75, 3.05) is 11.9 Å². The van der Waals surface area contributed by atoms with E-state index < -0.39 is 12.5 Å². The van der Waals surface area contributed by atoms with E-state index in [2.05, 4.69) is 38.6 Å². The first-order valence-corrected chi connectivity index (χ1v) is 10.2. The molecule has 0 saturated heterocycles. The van der Waals surface area contributed by atoms with E-state index in [0.717, 1.165) is 33.3 Å². The number of aliphatic hydroxyl groups excluding tert-OH is 1. The predicted molar refractivity (Wildman–Crippen MR) is 124 cm³/mol. The number of fused-ring (bicyclic) bond motifs is 1. The molecule has 0 bridgehead atoms. The second kappa shape index (κ2) is 8.49. The number of nitrogens with one attached hydrogen (secondary N) is 2. The first-order valence-electron chi connectivity index (χ1n) is 10.2. The number of carbonyl (C=O) groups is 1. The van der Waals surface area contributed by atoms with Gasteiger partial charge in [-0.15, -0.1) is 0 Å². The van der Waals surface area contributed by atoms with Gasteiger partial charge in [-0.2, -0.15) is 5.10 Å². The molecule has 0 saturated carbocycles. The monoisotopic (exact) mass is 423 g/mol. The fourth-order valence-electron chi connectivity index (χ4n) is 3.74. The number of rotatable bonds is 6. The molecular formula is C25H21N5O2. The number of benzene rings is 2. The van der Waals surface area contributed by atoms with Crippen LogP contribution in [0.4, 0.5) is 5.69 Å². The Labute approximate surface area is 184 Å². The number of amides is 1. The Morgan fingerprint density at radius 3 is 2.72 bits per heavy atom. The Morgan fingerprint density at radius 2 is 1.88 bits per heavy atom. The summed E-state index contributed by atoms with van der Waals surface area (Å²) in [7, 11) is 0. The molecule has 3 heterocycles. The third-order valence-electron chi connectivity index (χ3n) is 5.29. The van der Waals surface area contributed by atoms with Gasteiger partial charge in [0.2, 0.25) is 5.91 Å². The molecule has 7 nitrogen and oxygen atoms in total. The summed E-state index contributed by atoms with van der Waals surface area (Å²) in [6.07, 6.45) is 7.65. The number of aromatic amines is 1. The largest absolute Gasteiger partial charge is 0.387 e. The van der Waals surface area contributed by atoms with Crippen molar-refractivity contribution in [2.45, 2.75) is 6.54 Å². The average molecular weight is 423 g/mol. The molecule has 3 N–H and O–H groups in total. The maximum atomic E-state index is 11.5. The van der Waals surface area contributed by atoms with Gasteiger partial charge in [-0.1, -0.05) is 42.5 Å². The zero-order chi connectivity index (χ0) is 21.9. The molecule has 0 aliphatic heterocycles. The van der Waals surface area contributed by atoms with Crippen molar-refractivity contribution in [2.24, 2.45) is 0 Å². The topological polar surface area (TPSA) is 95.8 Å². The van der Waals surface area contributed by atoms with Crippen LogP contribution in [0.2, 0.25) is 0 Å². The highest BCUT2D eigenvalue weighted by atomic mass is 16.3. The van der Waals surface area contributed by atoms with Gasteiger partial charge in [0.1, 0.15) is 12.3 Å². The van der Waals surface area contributed by atoms with Crippen LogP contribution in [0, 0.1) is 0 Å². The quantitative estimate of drug-likeness (QED) is 0.384. The Balaban J connectivity index is 1.46. The van der Waals surface area contributed by atoms with E-state index in [1.165, 1.54) is 5.56 Å². The maximum absolute atomic E-state index is 11.5. The van der Waals surface area contributed by atoms with E-state index >= 15 is 0 Å². The normalized spacial score (nSPS) is 11.0. The highest BCUT2D eigenvalue weighted by molar-refractivity contribution is 5.96. The van der Waals surface area contributed by atoms with Gasteiger partial charge in [0.15, 0.2) is 0 Å². The Kier molecular flexibility index (Phi) is 5.23. The number of hydrogen-bond acceptors (Lipinski definition) is 4. The molecule has 0 unspecified atom stereocenters. The van der Waals surface area contributed by atoms with Gasteiger partial charge in [0.25, 0.3) is 0 Å². The third kappa shape index (κ3) is 4.01. The van der Waals surface area contributed by atoms with Crippen LogP contribution < -0.4 is 5.32 Å². The number of hydrogen-bond donors (Lipinski definition) is 3. The van der Waals surface area contributed by atoms with Gasteiger partial charge in [-0.25, -0.2) is 4.98 Å². The SMILES string of the molecule is O=C(CO)Nc1cccc(-c2cnc3[nH]cc(-c4cnn(Cc5ccccc5)c4)c3c2)c1. The molecule has 0 aliphatic rings. The van der Waals surface area contributed by atoms with Gasteiger partial charge >= 0.3 is 0 Å². The van der Waals surface area contributed by atoms with Crippen LogP contribution in [-0.2, 0) is 11.3 Å². The summed E-state index contributed by atoms with van der Waals surface area (Å²) < 4.78 is 1.92. The number of anilines is 1. The highest BCUT2D eigenvalue weighted by Crippen LogP contribution is 2.31. The molecule has 0 spiro atoms. The lowest BCUT2D eigenvalue weighted by atomic mass is 10.0. The minimum absolute atomic E-state index is 0.448. The Hall–Kier alpha value is -4.23. The fraction of sp³-hybridized carbons (Fsp3) is 0.0800. The summed E-state index contributed by atoms with van der Waals surface area (Å²) in [5.74, 6) is -0.448. The average Bonchev–Trinajstić information content (AvgIpc) is 3.46. The third-order valence-corrected chi connectivity index (χ3v) is 5.29. The Morgan fingerprint density at radius 1 is 1.00 bits per heavy atom. The second-order valence-corrected chi connectivity index (χ2v) is 7.52. The van der Waals surface area contributed by atoms with Crippen molar-refractivity contribution in [3.63, 3.8) is 0 Å². The lowest BCUT2D eigenvalue weighted by molar-refractivity contribution is -0.118. The molecule has 158 valence electrons. The van der Waals surface area contributed by atoms with Crippen molar-refractivity contribution in [1.29, 1.82) is 0 Å². The summed E-state index contributed by atoms with van der Waals surface area (Å²) >= 11 is 0. The molecule has 32 heavy (non-hydrogen) atoms. The molecule has 0 aliphatic carbocycles. The van der Waals surface area contributed by atoms with Gasteiger partial charge in [0, 0.05) is 46.4 Å². The molecule has 5 aromatic rings. The zero-order valence-electron chi connectivity index (χ0n) is 17.2. The van der Waals surface area contributed by atoms with Crippen LogP contribution >= 0.6 is 0 Å². The van der Waals surface area contributed by atoms with Crippen LogP contribution in [-0.4, -0.2) is 37.4 Å². The molecule has 1 amide bonds. The van der Waals surface area contributed by atoms with Crippen LogP contribution in [0.1, 0.15) is 5.56 Å². The summed E-state index contributed by atoms with van der Waals surface area (Å²) in [5.41, 5.74) is 6.49. The van der Waals surface area contributed by atoms with Crippen LogP contribution in [0.5, 0.6) is 0 Å². The van der Waals surface area contributed by atoms with Crippen molar-refractivity contribution >= 4 is 22.6 Å². The molecule has 5 rings (SSSR count). The second-order valence-electron chi connectivity index (χ2n) is 7.52. The fourth-order valence-corrected chi connectivity index (χ4v) is 3.74. The van der Waals surface area contributed by atoms with Crippen LogP contribution in [0.15, 0.2) is 85.5 Å². The van der Waals surface area contributed by atoms with Gasteiger partial charge < -0.3 is 15.4 Å². The van der Waals surface area contributed by atoms with Crippen molar-refractivity contribution in [3.05, 3.63) is 91.0 Å². The molecular weight excluding hydrogens is 402 g/mol. The molecule has 0 atom stereocenters. The van der Waals surface area contributed by atoms with Gasteiger partial charge in [-0.3, -0.25) is 9.48 Å². The molecule has 3 aromatic heterocycles. The number of carbonyl (C=O) groups excluding carboxylic acids is 1. The van der Waals surface area contributed by atoms with E-state index in [9.17, 15) is 4.79 Å². The Bertz CT molecular complexity index is 1390. The van der Waals surface area contributed by atoms with E-state index in [1.807, 2.05) is 59.7 Å². The molecule has 7 heteroatoms. The van der Waals surface area contributed by atoms with Gasteiger partial charge in [-0.05, 0) is 29.3 Å². The van der Waals surface area contributed by atoms with E-state index in [1.54, 1.807) is 12.3 Å². The highest BCUT2D eigenvalue weighted by Gasteiger charge is 2.12. The maximum Gasteiger partial charge on any atom is 0.250 e. The number of aromatic nitrogens is 4. The minimum atomic E-state index is -0.553. The first kappa shape index (κ1) is 19.7. The molecule has 0 fully saturated rings. The zero-order valence-corrected chi connectivity index (χ0v) is 17.2. The number of aliphatic hydroxyl groups is 1. The number of H-pyrrole nitrogens is 1. The summed E-state index contributed by atoms with van der Waals surface area (Å²) in [6.45, 7) is 0.154. The first-order chi connectivity index (χ1) is 15.7. The predicted octanol–water partition coefficient (Wildman–Crippen LogP) is 4.07. The minimum Gasteiger partial charge on any atom is -0.387 e. The van der Waals surface area contributed by atoms with E-state index in [0.29, 0.717) is 12.2 Å². The van der Waals surface area contributed by atoms with E-state index in [4.69, 9.17) is 5.11 Å². The van der Waals surface area contributed by atoms with Gasteiger partial charge in [0.05, 0.1) is 12.7 Å². The molecule has 0 radical (unpaired) electrons. The van der Waals surface area contributed by atoms with E-state index in [-0.39, 0.29) is 0 Å².